The smallest absolute Gasteiger partial charge is 0.328 e. The normalized spacial score (nSPS) is 12.7. The average molecular weight is 368 g/mol. The van der Waals surface area contributed by atoms with E-state index in [9.17, 15) is 9.59 Å². The van der Waals surface area contributed by atoms with Crippen LogP contribution in [-0.2, 0) is 9.59 Å². The fraction of sp³-hybridized carbons (Fsp3) is 0.714. The lowest BCUT2D eigenvalue weighted by Gasteiger charge is -2.11. The van der Waals surface area contributed by atoms with Crippen LogP contribution in [0.4, 0.5) is 0 Å². The van der Waals surface area contributed by atoms with Gasteiger partial charge in [0.1, 0.15) is 6.04 Å². The summed E-state index contributed by atoms with van der Waals surface area (Å²) in [5.41, 5.74) is 0. The van der Waals surface area contributed by atoms with Crippen molar-refractivity contribution in [1.29, 1.82) is 0 Å². The highest BCUT2D eigenvalue weighted by Gasteiger charge is 2.17. The summed E-state index contributed by atoms with van der Waals surface area (Å²) >= 11 is 0. The summed E-state index contributed by atoms with van der Waals surface area (Å²) in [6.45, 7) is 1.65. The molecule has 0 fully saturated rings. The van der Waals surface area contributed by atoms with Crippen LogP contribution in [0.3, 0.4) is 0 Å². The van der Waals surface area contributed by atoms with E-state index in [1.807, 2.05) is 0 Å². The molecule has 0 saturated carbocycles. The predicted octanol–water partition coefficient (Wildman–Crippen LogP) is 4.36. The maximum Gasteiger partial charge on any atom is 0.328 e. The second-order valence-corrected chi connectivity index (χ2v) is 6.62. The molecule has 26 heavy (non-hydrogen) atoms. The molecule has 1 atom stereocenters. The molecule has 0 aliphatic heterocycles. The number of rotatable bonds is 17. The van der Waals surface area contributed by atoms with Crippen molar-refractivity contribution in [1.82, 2.24) is 5.32 Å². The number of hydrogen-bond acceptors (Lipinski definition) is 3. The Morgan fingerprint density at radius 1 is 0.885 bits per heavy atom. The third-order valence-electron chi connectivity index (χ3n) is 4.17. The number of carboxylic acid groups (broad SMARTS) is 1. The van der Waals surface area contributed by atoms with Crippen LogP contribution in [-0.4, -0.2) is 34.7 Å². The predicted molar refractivity (Wildman–Crippen MR) is 106 cm³/mol. The highest BCUT2D eigenvalue weighted by Crippen LogP contribution is 2.07. The largest absolute Gasteiger partial charge is 0.480 e. The molecule has 0 aromatic carbocycles. The lowest BCUT2D eigenvalue weighted by Crippen LogP contribution is -2.43. The summed E-state index contributed by atoms with van der Waals surface area (Å²) in [4.78, 5) is 22.2. The first-order valence-corrected chi connectivity index (χ1v) is 10.0. The van der Waals surface area contributed by atoms with Gasteiger partial charge in [-0.2, -0.15) is 0 Å². The zero-order valence-electron chi connectivity index (χ0n) is 16.3. The highest BCUT2D eigenvalue weighted by molar-refractivity contribution is 5.83. The van der Waals surface area contributed by atoms with E-state index in [2.05, 4.69) is 36.5 Å². The van der Waals surface area contributed by atoms with E-state index in [-0.39, 0.29) is 12.3 Å². The van der Waals surface area contributed by atoms with Gasteiger partial charge in [0.2, 0.25) is 5.91 Å². The van der Waals surface area contributed by atoms with Gasteiger partial charge in [0.25, 0.3) is 0 Å². The number of aliphatic hydroxyl groups excluding tert-OH is 1. The lowest BCUT2D eigenvalue weighted by molar-refractivity contribution is -0.142. The molecule has 0 aromatic rings. The number of nitrogens with one attached hydrogen (secondary N) is 1. The zero-order chi connectivity index (χ0) is 19.5. The first-order valence-electron chi connectivity index (χ1n) is 10.0. The fourth-order valence-electron chi connectivity index (χ4n) is 2.55. The number of aliphatic hydroxyl groups is 1. The Morgan fingerprint density at radius 2 is 1.46 bits per heavy atom. The molecule has 0 aliphatic rings. The Kier molecular flexibility index (Phi) is 17.0. The van der Waals surface area contributed by atoms with Crippen LogP contribution >= 0.6 is 0 Å². The Bertz CT molecular complexity index is 418. The maximum atomic E-state index is 11.5. The molecule has 5 nitrogen and oxygen atoms in total. The Labute approximate surface area is 158 Å². The summed E-state index contributed by atoms with van der Waals surface area (Å²) in [6, 6.07) is -1.20. The van der Waals surface area contributed by atoms with Gasteiger partial charge in [-0.15, -0.1) is 0 Å². The van der Waals surface area contributed by atoms with Crippen molar-refractivity contribution >= 4 is 11.9 Å². The molecule has 0 bridgehead atoms. The van der Waals surface area contributed by atoms with Gasteiger partial charge in [0, 0.05) is 6.42 Å². The van der Waals surface area contributed by atoms with Crippen molar-refractivity contribution in [2.45, 2.75) is 90.0 Å². The summed E-state index contributed by atoms with van der Waals surface area (Å²) in [5.74, 6) is -1.54. The van der Waals surface area contributed by atoms with Crippen molar-refractivity contribution in [3.05, 3.63) is 24.3 Å². The quantitative estimate of drug-likeness (QED) is 0.263. The topological polar surface area (TPSA) is 86.6 Å². The zero-order valence-corrected chi connectivity index (χ0v) is 16.3. The number of carbonyl (C=O) groups is 2. The Balaban J connectivity index is 3.49. The third-order valence-corrected chi connectivity index (χ3v) is 4.17. The average Bonchev–Trinajstić information content (AvgIpc) is 2.62. The van der Waals surface area contributed by atoms with Crippen molar-refractivity contribution in [3.63, 3.8) is 0 Å². The van der Waals surface area contributed by atoms with Gasteiger partial charge in [0.15, 0.2) is 0 Å². The van der Waals surface area contributed by atoms with Crippen LogP contribution in [0.15, 0.2) is 24.3 Å². The van der Waals surface area contributed by atoms with Crippen LogP contribution in [0.1, 0.15) is 84.0 Å². The molecule has 0 aliphatic carbocycles. The molecule has 1 unspecified atom stereocenters. The summed E-state index contributed by atoms with van der Waals surface area (Å²) in [5, 5.41) is 19.9. The molecule has 0 spiro atoms. The van der Waals surface area contributed by atoms with Crippen LogP contribution < -0.4 is 5.32 Å². The molecule has 3 N–H and O–H groups in total. The molecule has 0 radical (unpaired) electrons. The maximum absolute atomic E-state index is 11.5. The van der Waals surface area contributed by atoms with Crippen molar-refractivity contribution in [2.24, 2.45) is 0 Å². The second-order valence-electron chi connectivity index (χ2n) is 6.62. The van der Waals surface area contributed by atoms with Gasteiger partial charge >= 0.3 is 5.97 Å². The minimum Gasteiger partial charge on any atom is -0.480 e. The summed E-state index contributed by atoms with van der Waals surface area (Å²) in [6.07, 6.45) is 21.7. The minimum atomic E-state index is -1.21. The van der Waals surface area contributed by atoms with E-state index in [4.69, 9.17) is 10.2 Å². The molecule has 0 heterocycles. The number of amides is 1. The molecule has 150 valence electrons. The molecular formula is C21H37NO4. The van der Waals surface area contributed by atoms with Gasteiger partial charge in [-0.05, 0) is 38.5 Å². The first-order chi connectivity index (χ1) is 12.6. The third kappa shape index (κ3) is 15.9. The molecule has 5 heteroatoms. The number of carboxylic acids is 1. The van der Waals surface area contributed by atoms with Gasteiger partial charge in [-0.25, -0.2) is 4.79 Å². The number of hydrogen-bond donors (Lipinski definition) is 3. The Morgan fingerprint density at radius 3 is 2.04 bits per heavy atom. The highest BCUT2D eigenvalue weighted by atomic mass is 16.4. The van der Waals surface area contributed by atoms with Crippen molar-refractivity contribution in [2.75, 3.05) is 6.61 Å². The van der Waals surface area contributed by atoms with E-state index in [0.717, 1.165) is 19.3 Å². The number of aliphatic carboxylic acids is 1. The minimum absolute atomic E-state index is 0.287. The van der Waals surface area contributed by atoms with Gasteiger partial charge in [0.05, 0.1) is 6.61 Å². The standard InChI is InChI=1S/C21H37NO4/c1-2-3-4-5-6-7-8-9-10-11-12-13-14-15-16-17-20(24)22-19(18-23)21(25)26/h9-10,12-13,19,23H,2-8,11,14-18H2,1H3,(H,22,24)(H,25,26)/b10-9+,13-12+. The van der Waals surface area contributed by atoms with Crippen LogP contribution in [0.25, 0.3) is 0 Å². The van der Waals surface area contributed by atoms with Gasteiger partial charge in [-0.1, -0.05) is 63.3 Å². The molecular weight excluding hydrogens is 330 g/mol. The van der Waals surface area contributed by atoms with Crippen LogP contribution in [0, 0.1) is 0 Å². The summed E-state index contributed by atoms with van der Waals surface area (Å²) in [7, 11) is 0. The van der Waals surface area contributed by atoms with Gasteiger partial charge in [-0.3, -0.25) is 4.79 Å². The Hall–Kier alpha value is -1.62. The first kappa shape index (κ1) is 24.4. The number of allylic oxidation sites excluding steroid dienone is 4. The van der Waals surface area contributed by atoms with E-state index >= 15 is 0 Å². The second kappa shape index (κ2) is 18.2. The van der Waals surface area contributed by atoms with Crippen molar-refractivity contribution in [3.8, 4) is 0 Å². The van der Waals surface area contributed by atoms with Crippen LogP contribution in [0.2, 0.25) is 0 Å². The van der Waals surface area contributed by atoms with E-state index in [0.29, 0.717) is 6.42 Å². The van der Waals surface area contributed by atoms with E-state index in [1.54, 1.807) is 0 Å². The number of carbonyl (C=O) groups excluding carboxylic acids is 1. The number of unbranched alkanes of at least 4 members (excludes halogenated alkanes) is 8. The van der Waals surface area contributed by atoms with Crippen molar-refractivity contribution < 1.29 is 19.8 Å². The molecule has 0 rings (SSSR count). The lowest BCUT2D eigenvalue weighted by atomic mass is 10.1. The summed E-state index contributed by atoms with van der Waals surface area (Å²) < 4.78 is 0. The fourth-order valence-corrected chi connectivity index (χ4v) is 2.55. The van der Waals surface area contributed by atoms with E-state index < -0.39 is 18.6 Å². The molecule has 0 saturated heterocycles. The SMILES string of the molecule is CCCCCCCC/C=C/C/C=C/CCCCC(=O)NC(CO)C(=O)O. The van der Waals surface area contributed by atoms with Gasteiger partial charge < -0.3 is 15.5 Å². The van der Waals surface area contributed by atoms with E-state index in [1.165, 1.54) is 44.9 Å². The molecule has 0 aromatic heterocycles. The molecule has 1 amide bonds. The van der Waals surface area contributed by atoms with Crippen LogP contribution in [0.5, 0.6) is 0 Å². The monoisotopic (exact) mass is 367 g/mol.